The first-order valence-electron chi connectivity index (χ1n) is 6.43. The summed E-state index contributed by atoms with van der Waals surface area (Å²) in [6.07, 6.45) is 0. The van der Waals surface area contributed by atoms with Crippen molar-refractivity contribution in [1.82, 2.24) is 0 Å². The average Bonchev–Trinajstić information content (AvgIpc) is 2.49. The molecule has 114 valence electrons. The van der Waals surface area contributed by atoms with Gasteiger partial charge in [-0.2, -0.15) is 0 Å². The zero-order valence-corrected chi connectivity index (χ0v) is 14.1. The van der Waals surface area contributed by atoms with Crippen molar-refractivity contribution in [2.75, 3.05) is 5.32 Å². The van der Waals surface area contributed by atoms with Gasteiger partial charge in [0.2, 0.25) is 5.91 Å². The van der Waals surface area contributed by atoms with Crippen molar-refractivity contribution >= 4 is 45.0 Å². The molecule has 0 aromatic heterocycles. The number of anilines is 1. The lowest BCUT2D eigenvalue weighted by Crippen LogP contribution is -2.22. The van der Waals surface area contributed by atoms with Crippen molar-refractivity contribution in [3.05, 3.63) is 63.1 Å². The summed E-state index contributed by atoms with van der Waals surface area (Å²) in [6.45, 7) is 1.79. The van der Waals surface area contributed by atoms with Gasteiger partial charge in [0.25, 0.3) is 5.69 Å². The van der Waals surface area contributed by atoms with Crippen molar-refractivity contribution in [3.8, 4) is 0 Å². The molecule has 1 N–H and O–H groups in total. The van der Waals surface area contributed by atoms with Gasteiger partial charge in [-0.15, -0.1) is 11.8 Å². The van der Waals surface area contributed by atoms with Gasteiger partial charge in [-0.25, -0.2) is 0 Å². The lowest BCUT2D eigenvalue weighted by Gasteiger charge is -2.12. The molecule has 7 heteroatoms. The van der Waals surface area contributed by atoms with Crippen LogP contribution in [0.2, 0.25) is 0 Å². The van der Waals surface area contributed by atoms with Gasteiger partial charge in [0.15, 0.2) is 0 Å². The van der Waals surface area contributed by atoms with E-state index in [1.807, 2.05) is 24.3 Å². The topological polar surface area (TPSA) is 72.2 Å². The number of non-ortho nitro benzene ring substituents is 1. The van der Waals surface area contributed by atoms with E-state index in [1.54, 1.807) is 19.1 Å². The molecule has 0 radical (unpaired) electrons. The molecule has 22 heavy (non-hydrogen) atoms. The Morgan fingerprint density at radius 3 is 2.59 bits per heavy atom. The third-order valence-electron chi connectivity index (χ3n) is 2.82. The standard InChI is InChI=1S/C15H13BrN2O3S/c1-10(22-14-7-5-11(16)6-8-14)15(19)17-12-3-2-4-13(9-12)18(20)21/h2-10H,1H3,(H,17,19)/t10-/m0/s1. The molecule has 0 spiro atoms. The van der Waals surface area contributed by atoms with Crippen LogP contribution in [-0.2, 0) is 4.79 Å². The highest BCUT2D eigenvalue weighted by Crippen LogP contribution is 2.26. The van der Waals surface area contributed by atoms with E-state index in [1.165, 1.54) is 23.9 Å². The first-order chi connectivity index (χ1) is 10.5. The molecule has 1 amide bonds. The van der Waals surface area contributed by atoms with E-state index in [0.717, 1.165) is 9.37 Å². The first-order valence-corrected chi connectivity index (χ1v) is 8.10. The van der Waals surface area contributed by atoms with Crippen LogP contribution >= 0.6 is 27.7 Å². The molecular weight excluding hydrogens is 368 g/mol. The Balaban J connectivity index is 2.00. The van der Waals surface area contributed by atoms with Gasteiger partial charge >= 0.3 is 0 Å². The van der Waals surface area contributed by atoms with E-state index in [4.69, 9.17) is 0 Å². The maximum absolute atomic E-state index is 12.2. The molecule has 2 aromatic carbocycles. The number of nitrogens with zero attached hydrogens (tertiary/aromatic N) is 1. The Kier molecular flexibility index (Phi) is 5.57. The Morgan fingerprint density at radius 2 is 1.95 bits per heavy atom. The number of hydrogen-bond donors (Lipinski definition) is 1. The minimum Gasteiger partial charge on any atom is -0.325 e. The van der Waals surface area contributed by atoms with Crippen LogP contribution in [-0.4, -0.2) is 16.1 Å². The maximum Gasteiger partial charge on any atom is 0.271 e. The Bertz CT molecular complexity index is 691. The summed E-state index contributed by atoms with van der Waals surface area (Å²) in [5, 5.41) is 13.1. The van der Waals surface area contributed by atoms with E-state index in [0.29, 0.717) is 5.69 Å². The molecule has 1 atom stereocenters. The molecule has 0 aliphatic rings. The summed E-state index contributed by atoms with van der Waals surface area (Å²) >= 11 is 4.78. The number of benzene rings is 2. The number of carbonyl (C=O) groups is 1. The fraction of sp³-hybridized carbons (Fsp3) is 0.133. The zero-order chi connectivity index (χ0) is 16.1. The van der Waals surface area contributed by atoms with Crippen LogP contribution in [0.4, 0.5) is 11.4 Å². The van der Waals surface area contributed by atoms with Crippen molar-refractivity contribution in [3.63, 3.8) is 0 Å². The van der Waals surface area contributed by atoms with Crippen LogP contribution in [0.15, 0.2) is 57.9 Å². The van der Waals surface area contributed by atoms with Gasteiger partial charge in [-0.05, 0) is 37.3 Å². The quantitative estimate of drug-likeness (QED) is 0.471. The van der Waals surface area contributed by atoms with Crippen molar-refractivity contribution < 1.29 is 9.72 Å². The van der Waals surface area contributed by atoms with Crippen LogP contribution in [0.1, 0.15) is 6.92 Å². The van der Waals surface area contributed by atoms with Crippen LogP contribution in [0, 0.1) is 10.1 Å². The van der Waals surface area contributed by atoms with Gasteiger partial charge < -0.3 is 5.32 Å². The molecule has 2 rings (SSSR count). The highest BCUT2D eigenvalue weighted by atomic mass is 79.9. The second-order valence-corrected chi connectivity index (χ2v) is 6.84. The lowest BCUT2D eigenvalue weighted by molar-refractivity contribution is -0.384. The monoisotopic (exact) mass is 380 g/mol. The van der Waals surface area contributed by atoms with Crippen molar-refractivity contribution in [2.45, 2.75) is 17.1 Å². The molecule has 0 unspecified atom stereocenters. The number of nitro benzene ring substituents is 1. The predicted molar refractivity (Wildman–Crippen MR) is 91.2 cm³/mol. The molecule has 0 aliphatic carbocycles. The maximum atomic E-state index is 12.2. The minimum absolute atomic E-state index is 0.0500. The van der Waals surface area contributed by atoms with Gasteiger partial charge in [0, 0.05) is 27.2 Å². The smallest absolute Gasteiger partial charge is 0.271 e. The molecule has 0 saturated heterocycles. The van der Waals surface area contributed by atoms with E-state index in [2.05, 4.69) is 21.2 Å². The van der Waals surface area contributed by atoms with Crippen LogP contribution in [0.3, 0.4) is 0 Å². The summed E-state index contributed by atoms with van der Waals surface area (Å²) in [5.41, 5.74) is 0.369. The minimum atomic E-state index is -0.490. The number of amides is 1. The fourth-order valence-electron chi connectivity index (χ4n) is 1.71. The van der Waals surface area contributed by atoms with Crippen LogP contribution < -0.4 is 5.32 Å². The largest absolute Gasteiger partial charge is 0.325 e. The Morgan fingerprint density at radius 1 is 1.27 bits per heavy atom. The average molecular weight is 381 g/mol. The van der Waals surface area contributed by atoms with Crippen molar-refractivity contribution in [1.29, 1.82) is 0 Å². The highest BCUT2D eigenvalue weighted by Gasteiger charge is 2.15. The number of nitro groups is 1. The third-order valence-corrected chi connectivity index (χ3v) is 4.46. The highest BCUT2D eigenvalue weighted by molar-refractivity contribution is 9.10. The van der Waals surface area contributed by atoms with E-state index in [-0.39, 0.29) is 16.8 Å². The van der Waals surface area contributed by atoms with Crippen LogP contribution in [0.5, 0.6) is 0 Å². The molecule has 0 bridgehead atoms. The number of hydrogen-bond acceptors (Lipinski definition) is 4. The molecule has 0 fully saturated rings. The van der Waals surface area contributed by atoms with Gasteiger partial charge in [0.1, 0.15) is 0 Å². The molecule has 0 heterocycles. The number of halogens is 1. The van der Waals surface area contributed by atoms with Crippen molar-refractivity contribution in [2.24, 2.45) is 0 Å². The first kappa shape index (κ1) is 16.5. The number of thioether (sulfide) groups is 1. The summed E-state index contributed by atoms with van der Waals surface area (Å²) in [7, 11) is 0. The fourth-order valence-corrected chi connectivity index (χ4v) is 2.84. The summed E-state index contributed by atoms with van der Waals surface area (Å²) in [6, 6.07) is 13.6. The van der Waals surface area contributed by atoms with Gasteiger partial charge in [0.05, 0.1) is 10.2 Å². The molecule has 2 aromatic rings. The normalized spacial score (nSPS) is 11.7. The van der Waals surface area contributed by atoms with Gasteiger partial charge in [-0.3, -0.25) is 14.9 Å². The summed E-state index contributed by atoms with van der Waals surface area (Å²) in [5.74, 6) is -0.201. The predicted octanol–water partition coefficient (Wildman–Crippen LogP) is 4.48. The second kappa shape index (κ2) is 7.42. The molecule has 5 nitrogen and oxygen atoms in total. The third kappa shape index (κ3) is 4.57. The van der Waals surface area contributed by atoms with Gasteiger partial charge in [-0.1, -0.05) is 22.0 Å². The second-order valence-electron chi connectivity index (χ2n) is 4.51. The molecular formula is C15H13BrN2O3S. The Hall–Kier alpha value is -1.86. The molecule has 0 saturated carbocycles. The summed E-state index contributed by atoms with van der Waals surface area (Å²) in [4.78, 5) is 23.4. The van der Waals surface area contributed by atoms with E-state index in [9.17, 15) is 14.9 Å². The Labute approximate surface area is 140 Å². The number of carbonyl (C=O) groups excluding carboxylic acids is 1. The number of rotatable bonds is 5. The summed E-state index contributed by atoms with van der Waals surface area (Å²) < 4.78 is 0.977. The SMILES string of the molecule is C[C@H](Sc1ccc(Br)cc1)C(=O)Nc1cccc([N+](=O)[O-])c1. The zero-order valence-electron chi connectivity index (χ0n) is 11.7. The van der Waals surface area contributed by atoms with Crippen LogP contribution in [0.25, 0.3) is 0 Å². The number of nitrogens with one attached hydrogen (secondary N) is 1. The molecule has 0 aliphatic heterocycles. The van der Waals surface area contributed by atoms with E-state index < -0.39 is 4.92 Å². The van der Waals surface area contributed by atoms with E-state index >= 15 is 0 Å². The lowest BCUT2D eigenvalue weighted by atomic mass is 10.2.